The van der Waals surface area contributed by atoms with E-state index < -0.39 is 34.7 Å². The second kappa shape index (κ2) is 5.53. The zero-order valence-corrected chi connectivity index (χ0v) is 11.0. The van der Waals surface area contributed by atoms with Crippen molar-refractivity contribution >= 4 is 28.9 Å². The maximum absolute atomic E-state index is 13.6. The molecule has 0 radical (unpaired) electrons. The van der Waals surface area contributed by atoms with Gasteiger partial charge in [-0.25, -0.2) is 8.78 Å². The van der Waals surface area contributed by atoms with Gasteiger partial charge in [0, 0.05) is 5.02 Å². The molecule has 0 heterocycles. The van der Waals surface area contributed by atoms with Crippen molar-refractivity contribution in [3.63, 3.8) is 0 Å². The van der Waals surface area contributed by atoms with Crippen molar-refractivity contribution in [2.24, 2.45) is 0 Å². The minimum absolute atomic E-state index is 0.100. The van der Waals surface area contributed by atoms with Crippen molar-refractivity contribution in [3.8, 4) is 5.75 Å². The van der Waals surface area contributed by atoms with Crippen LogP contribution in [0.4, 0.5) is 24.5 Å². The molecule has 0 saturated heterocycles. The Bertz CT molecular complexity index is 738. The topological polar surface area (TPSA) is 75.3 Å². The predicted molar refractivity (Wildman–Crippen MR) is 71.8 cm³/mol. The van der Waals surface area contributed by atoms with Crippen molar-refractivity contribution in [3.05, 3.63) is 52.3 Å². The Hall–Kier alpha value is -2.41. The first-order chi connectivity index (χ1) is 9.81. The molecule has 0 atom stereocenters. The lowest BCUT2D eigenvalue weighted by Crippen LogP contribution is -2.16. The summed E-state index contributed by atoms with van der Waals surface area (Å²) in [5.41, 5.74) is 4.94. The first-order valence-electron chi connectivity index (χ1n) is 5.54. The van der Waals surface area contributed by atoms with Gasteiger partial charge in [0.2, 0.25) is 5.82 Å². The Morgan fingerprint density at radius 3 is 2.48 bits per heavy atom. The van der Waals surface area contributed by atoms with Crippen molar-refractivity contribution in [1.29, 1.82) is 0 Å². The minimum atomic E-state index is -1.77. The number of hydrogen-bond acceptors (Lipinski definition) is 3. The summed E-state index contributed by atoms with van der Waals surface area (Å²) < 4.78 is 39.7. The Morgan fingerprint density at radius 1 is 1.19 bits per heavy atom. The summed E-state index contributed by atoms with van der Waals surface area (Å²) in [6.45, 7) is 0. The van der Waals surface area contributed by atoms with Crippen LogP contribution in [0.1, 0.15) is 10.4 Å². The number of aromatic hydroxyl groups is 1. The molecule has 1 amide bonds. The molecule has 0 fully saturated rings. The number of hydrogen-bond donors (Lipinski definition) is 3. The molecule has 2 aromatic carbocycles. The van der Waals surface area contributed by atoms with Crippen LogP contribution < -0.4 is 11.1 Å². The molecule has 4 N–H and O–H groups in total. The number of nitrogen functional groups attached to an aromatic ring is 1. The van der Waals surface area contributed by atoms with Gasteiger partial charge in [-0.3, -0.25) is 4.79 Å². The van der Waals surface area contributed by atoms with E-state index in [2.05, 4.69) is 5.32 Å². The molecule has 110 valence electrons. The number of phenols is 1. The summed E-state index contributed by atoms with van der Waals surface area (Å²) in [7, 11) is 0. The SMILES string of the molecule is Nc1cc(Cl)ccc1NC(=O)c1cc(F)c(F)c(O)c1F. The largest absolute Gasteiger partial charge is 0.503 e. The summed E-state index contributed by atoms with van der Waals surface area (Å²) in [5, 5.41) is 11.6. The van der Waals surface area contributed by atoms with Crippen LogP contribution in [0.2, 0.25) is 5.02 Å². The molecule has 8 heteroatoms. The second-order valence-electron chi connectivity index (χ2n) is 4.07. The maximum atomic E-state index is 13.6. The highest BCUT2D eigenvalue weighted by Crippen LogP contribution is 2.28. The van der Waals surface area contributed by atoms with E-state index in [1.165, 1.54) is 18.2 Å². The van der Waals surface area contributed by atoms with E-state index in [1.807, 2.05) is 0 Å². The molecular weight excluding hydrogens is 309 g/mol. The lowest BCUT2D eigenvalue weighted by atomic mass is 10.1. The number of nitrogens with two attached hydrogens (primary N) is 1. The first-order valence-corrected chi connectivity index (χ1v) is 5.92. The van der Waals surface area contributed by atoms with Crippen LogP contribution in [-0.2, 0) is 0 Å². The Labute approximate surface area is 121 Å². The van der Waals surface area contributed by atoms with Gasteiger partial charge in [0.05, 0.1) is 16.9 Å². The third-order valence-corrected chi connectivity index (χ3v) is 2.87. The van der Waals surface area contributed by atoms with Crippen molar-refractivity contribution < 1.29 is 23.1 Å². The highest BCUT2D eigenvalue weighted by Gasteiger charge is 2.22. The Balaban J connectivity index is 2.37. The summed E-state index contributed by atoms with van der Waals surface area (Å²) >= 11 is 5.68. The van der Waals surface area contributed by atoms with Crippen molar-refractivity contribution in [2.45, 2.75) is 0 Å². The molecule has 0 saturated carbocycles. The quantitative estimate of drug-likeness (QED) is 0.588. The van der Waals surface area contributed by atoms with E-state index in [-0.39, 0.29) is 11.4 Å². The van der Waals surface area contributed by atoms with Crippen LogP contribution in [0.15, 0.2) is 24.3 Å². The third-order valence-electron chi connectivity index (χ3n) is 2.64. The van der Waals surface area contributed by atoms with Gasteiger partial charge in [-0.05, 0) is 24.3 Å². The molecule has 4 nitrogen and oxygen atoms in total. The maximum Gasteiger partial charge on any atom is 0.258 e. The Morgan fingerprint density at radius 2 is 1.86 bits per heavy atom. The average molecular weight is 317 g/mol. The van der Waals surface area contributed by atoms with E-state index in [0.717, 1.165) is 0 Å². The minimum Gasteiger partial charge on any atom is -0.503 e. The molecule has 0 aliphatic carbocycles. The molecule has 0 spiro atoms. The van der Waals surface area contributed by atoms with Gasteiger partial charge >= 0.3 is 0 Å². The highest BCUT2D eigenvalue weighted by atomic mass is 35.5. The summed E-state index contributed by atoms with van der Waals surface area (Å²) in [4.78, 5) is 11.8. The second-order valence-corrected chi connectivity index (χ2v) is 4.50. The molecule has 2 rings (SSSR count). The third kappa shape index (κ3) is 2.87. The fourth-order valence-corrected chi connectivity index (χ4v) is 1.77. The van der Waals surface area contributed by atoms with E-state index >= 15 is 0 Å². The Kier molecular flexibility index (Phi) is 3.95. The predicted octanol–water partition coefficient (Wildman–Crippen LogP) is 3.30. The standard InChI is InChI=1S/C13H8ClF3N2O2/c14-5-1-2-9(8(18)3-5)19-13(21)6-4-7(15)11(17)12(20)10(6)16/h1-4,20H,18H2,(H,19,21). The number of phenolic OH excluding ortho intramolecular Hbond substituents is 1. The van der Waals surface area contributed by atoms with E-state index in [1.54, 1.807) is 0 Å². The molecular formula is C13H8ClF3N2O2. The van der Waals surface area contributed by atoms with Crippen LogP contribution in [0, 0.1) is 17.5 Å². The van der Waals surface area contributed by atoms with Gasteiger partial charge in [-0.1, -0.05) is 11.6 Å². The van der Waals surface area contributed by atoms with Gasteiger partial charge in [0.25, 0.3) is 5.91 Å². The molecule has 21 heavy (non-hydrogen) atoms. The highest BCUT2D eigenvalue weighted by molar-refractivity contribution is 6.31. The van der Waals surface area contributed by atoms with Gasteiger partial charge < -0.3 is 16.2 Å². The molecule has 0 unspecified atom stereocenters. The van der Waals surface area contributed by atoms with E-state index in [9.17, 15) is 18.0 Å². The van der Waals surface area contributed by atoms with Crippen molar-refractivity contribution in [2.75, 3.05) is 11.1 Å². The normalized spacial score (nSPS) is 10.5. The molecule has 0 aliphatic rings. The van der Waals surface area contributed by atoms with E-state index in [0.29, 0.717) is 11.1 Å². The number of nitrogens with one attached hydrogen (secondary N) is 1. The summed E-state index contributed by atoms with van der Waals surface area (Å²) in [6, 6.07) is 4.46. The van der Waals surface area contributed by atoms with Gasteiger partial charge in [0.1, 0.15) is 0 Å². The first kappa shape index (κ1) is 15.0. The average Bonchev–Trinajstić information content (AvgIpc) is 2.43. The van der Waals surface area contributed by atoms with Crippen LogP contribution in [0.3, 0.4) is 0 Å². The molecule has 0 aromatic heterocycles. The number of anilines is 2. The van der Waals surface area contributed by atoms with Crippen LogP contribution in [0.5, 0.6) is 5.75 Å². The fourth-order valence-electron chi connectivity index (χ4n) is 1.59. The van der Waals surface area contributed by atoms with Crippen molar-refractivity contribution in [1.82, 2.24) is 0 Å². The zero-order valence-electron chi connectivity index (χ0n) is 10.3. The van der Waals surface area contributed by atoms with Gasteiger partial charge in [-0.2, -0.15) is 4.39 Å². The number of benzene rings is 2. The number of carbonyl (C=O) groups is 1. The number of carbonyl (C=O) groups excluding carboxylic acids is 1. The molecule has 2 aromatic rings. The number of amides is 1. The lowest BCUT2D eigenvalue weighted by Gasteiger charge is -2.10. The van der Waals surface area contributed by atoms with Gasteiger partial charge in [-0.15, -0.1) is 0 Å². The summed E-state index contributed by atoms with van der Waals surface area (Å²) in [5.74, 6) is -7.56. The smallest absolute Gasteiger partial charge is 0.258 e. The van der Waals surface area contributed by atoms with Crippen LogP contribution in [-0.4, -0.2) is 11.0 Å². The fraction of sp³-hybridized carbons (Fsp3) is 0. The zero-order chi connectivity index (χ0) is 15.7. The number of rotatable bonds is 2. The number of halogens is 4. The van der Waals surface area contributed by atoms with Crippen LogP contribution in [0.25, 0.3) is 0 Å². The summed E-state index contributed by atoms with van der Waals surface area (Å²) in [6.07, 6.45) is 0. The van der Waals surface area contributed by atoms with Gasteiger partial charge in [0.15, 0.2) is 17.4 Å². The molecule has 0 bridgehead atoms. The van der Waals surface area contributed by atoms with E-state index in [4.69, 9.17) is 22.4 Å². The van der Waals surface area contributed by atoms with Crippen LogP contribution >= 0.6 is 11.6 Å². The molecule has 0 aliphatic heterocycles. The monoisotopic (exact) mass is 316 g/mol. The lowest BCUT2D eigenvalue weighted by molar-refractivity contribution is 0.102.